The first-order chi connectivity index (χ1) is 5.65. The highest BCUT2D eigenvalue weighted by atomic mass is 79.9. The fourth-order valence-electron chi connectivity index (χ4n) is 0.795. The first kappa shape index (κ1) is 9.51. The molecule has 5 heteroatoms. The zero-order chi connectivity index (χ0) is 9.14. The molecule has 0 unspecified atom stereocenters. The third-order valence-corrected chi connectivity index (χ3v) is 1.92. The van der Waals surface area contributed by atoms with Gasteiger partial charge in [0.25, 0.3) is 6.43 Å². The number of alkyl halides is 3. The van der Waals surface area contributed by atoms with E-state index in [1.165, 1.54) is 0 Å². The second-order valence-electron chi connectivity index (χ2n) is 2.13. The Morgan fingerprint density at radius 3 is 2.67 bits per heavy atom. The van der Waals surface area contributed by atoms with E-state index in [1.807, 2.05) is 0 Å². The molecule has 12 heavy (non-hydrogen) atoms. The van der Waals surface area contributed by atoms with Crippen LogP contribution in [0, 0.1) is 5.82 Å². The van der Waals surface area contributed by atoms with Crippen LogP contribution in [0.15, 0.2) is 12.3 Å². The molecule has 0 saturated carbocycles. The van der Waals surface area contributed by atoms with Crippen LogP contribution in [0.1, 0.15) is 17.7 Å². The molecule has 0 amide bonds. The molecule has 0 N–H and O–H groups in total. The van der Waals surface area contributed by atoms with Crippen LogP contribution >= 0.6 is 15.9 Å². The van der Waals surface area contributed by atoms with Crippen molar-refractivity contribution in [2.75, 3.05) is 0 Å². The van der Waals surface area contributed by atoms with Crippen LogP contribution in [0.4, 0.5) is 13.2 Å². The molecule has 1 aromatic rings. The van der Waals surface area contributed by atoms with Crippen molar-refractivity contribution in [1.82, 2.24) is 4.98 Å². The third-order valence-electron chi connectivity index (χ3n) is 1.32. The number of aromatic nitrogens is 1. The zero-order valence-electron chi connectivity index (χ0n) is 5.90. The summed E-state index contributed by atoms with van der Waals surface area (Å²) in [6.07, 6.45) is -1.87. The SMILES string of the molecule is Fc1cnc(C(F)F)c(CBr)c1. The van der Waals surface area contributed by atoms with Crippen molar-refractivity contribution in [3.63, 3.8) is 0 Å². The summed E-state index contributed by atoms with van der Waals surface area (Å²) in [5.41, 5.74) is -0.182. The van der Waals surface area contributed by atoms with Crippen LogP contribution in [0.2, 0.25) is 0 Å². The summed E-state index contributed by atoms with van der Waals surface area (Å²) < 4.78 is 36.8. The maximum atomic E-state index is 12.5. The molecule has 0 radical (unpaired) electrons. The molecule has 1 aromatic heterocycles. The number of halogens is 4. The minimum Gasteiger partial charge on any atom is -0.252 e. The van der Waals surface area contributed by atoms with E-state index in [9.17, 15) is 13.2 Å². The first-order valence-corrected chi connectivity index (χ1v) is 4.25. The second-order valence-corrected chi connectivity index (χ2v) is 2.69. The zero-order valence-corrected chi connectivity index (χ0v) is 7.48. The van der Waals surface area contributed by atoms with Crippen molar-refractivity contribution >= 4 is 15.9 Å². The minimum atomic E-state index is -2.65. The van der Waals surface area contributed by atoms with Crippen LogP contribution in [-0.4, -0.2) is 4.98 Å². The number of pyridine rings is 1. The Morgan fingerprint density at radius 2 is 2.17 bits per heavy atom. The fourth-order valence-corrected chi connectivity index (χ4v) is 1.24. The van der Waals surface area contributed by atoms with Crippen LogP contribution in [0.25, 0.3) is 0 Å². The van der Waals surface area contributed by atoms with E-state index in [-0.39, 0.29) is 16.6 Å². The predicted octanol–water partition coefficient (Wildman–Crippen LogP) is 3.05. The van der Waals surface area contributed by atoms with E-state index < -0.39 is 12.2 Å². The molecule has 1 heterocycles. The second kappa shape index (κ2) is 3.89. The van der Waals surface area contributed by atoms with E-state index in [4.69, 9.17) is 0 Å². The molecule has 0 fully saturated rings. The molecule has 0 aliphatic carbocycles. The van der Waals surface area contributed by atoms with Crippen LogP contribution in [0.5, 0.6) is 0 Å². The van der Waals surface area contributed by atoms with Crippen molar-refractivity contribution < 1.29 is 13.2 Å². The topological polar surface area (TPSA) is 12.9 Å². The Balaban J connectivity index is 3.11. The van der Waals surface area contributed by atoms with Crippen molar-refractivity contribution in [2.45, 2.75) is 11.8 Å². The largest absolute Gasteiger partial charge is 0.280 e. The summed E-state index contributed by atoms with van der Waals surface area (Å²) in [4.78, 5) is 3.29. The highest BCUT2D eigenvalue weighted by molar-refractivity contribution is 9.08. The van der Waals surface area contributed by atoms with Crippen molar-refractivity contribution in [3.8, 4) is 0 Å². The predicted molar refractivity (Wildman–Crippen MR) is 41.8 cm³/mol. The van der Waals surface area contributed by atoms with Crippen molar-refractivity contribution in [1.29, 1.82) is 0 Å². The van der Waals surface area contributed by atoms with Gasteiger partial charge in [-0.25, -0.2) is 13.2 Å². The van der Waals surface area contributed by atoms with E-state index in [0.717, 1.165) is 12.3 Å². The number of hydrogen-bond donors (Lipinski definition) is 0. The molecule has 1 rings (SSSR count). The third kappa shape index (κ3) is 1.97. The molecule has 1 nitrogen and oxygen atoms in total. The lowest BCUT2D eigenvalue weighted by Gasteiger charge is -2.03. The summed E-state index contributed by atoms with van der Waals surface area (Å²) >= 11 is 2.97. The van der Waals surface area contributed by atoms with Gasteiger partial charge in [-0.05, 0) is 11.6 Å². The summed E-state index contributed by atoms with van der Waals surface area (Å²) in [7, 11) is 0. The first-order valence-electron chi connectivity index (χ1n) is 3.13. The van der Waals surface area contributed by atoms with Gasteiger partial charge in [-0.3, -0.25) is 4.98 Å². The summed E-state index contributed by atoms with van der Waals surface area (Å²) in [6.45, 7) is 0. The van der Waals surface area contributed by atoms with Crippen LogP contribution < -0.4 is 0 Å². The average molecular weight is 240 g/mol. The van der Waals surface area contributed by atoms with Gasteiger partial charge in [0.05, 0.1) is 6.20 Å². The molecule has 0 bridgehead atoms. The van der Waals surface area contributed by atoms with Gasteiger partial charge in [0, 0.05) is 5.33 Å². The Hall–Kier alpha value is -0.580. The van der Waals surface area contributed by atoms with Gasteiger partial charge >= 0.3 is 0 Å². The lowest BCUT2D eigenvalue weighted by molar-refractivity contribution is 0.145. The lowest BCUT2D eigenvalue weighted by atomic mass is 10.2. The van der Waals surface area contributed by atoms with E-state index in [1.54, 1.807) is 0 Å². The number of rotatable bonds is 2. The smallest absolute Gasteiger partial charge is 0.252 e. The molecule has 0 aliphatic rings. The average Bonchev–Trinajstić information content (AvgIpc) is 2.03. The summed E-state index contributed by atoms with van der Waals surface area (Å²) in [5.74, 6) is -0.603. The maximum Gasteiger partial charge on any atom is 0.280 e. The van der Waals surface area contributed by atoms with E-state index in [2.05, 4.69) is 20.9 Å². The Bertz CT molecular complexity index is 277. The molecular formula is C7H5BrF3N. The molecule has 0 spiro atoms. The summed E-state index contributed by atoms with van der Waals surface area (Å²) in [5, 5.41) is 0.178. The lowest BCUT2D eigenvalue weighted by Crippen LogP contribution is -1.97. The van der Waals surface area contributed by atoms with Crippen molar-refractivity contribution in [2.24, 2.45) is 0 Å². The Morgan fingerprint density at radius 1 is 1.50 bits per heavy atom. The molecule has 0 atom stereocenters. The summed E-state index contributed by atoms with van der Waals surface area (Å²) in [6, 6.07) is 1.04. The molecule has 0 aliphatic heterocycles. The van der Waals surface area contributed by atoms with E-state index in [0.29, 0.717) is 0 Å². The van der Waals surface area contributed by atoms with Crippen LogP contribution in [0.3, 0.4) is 0 Å². The Kier molecular flexibility index (Phi) is 3.08. The van der Waals surface area contributed by atoms with Gasteiger partial charge in [-0.1, -0.05) is 15.9 Å². The highest BCUT2D eigenvalue weighted by Gasteiger charge is 2.14. The van der Waals surface area contributed by atoms with Gasteiger partial charge in [-0.15, -0.1) is 0 Å². The number of hydrogen-bond acceptors (Lipinski definition) is 1. The number of nitrogens with zero attached hydrogens (tertiary/aromatic N) is 1. The van der Waals surface area contributed by atoms with Crippen molar-refractivity contribution in [3.05, 3.63) is 29.3 Å². The normalized spacial score (nSPS) is 10.8. The van der Waals surface area contributed by atoms with Gasteiger partial charge in [0.2, 0.25) is 0 Å². The Labute approximate surface area is 75.7 Å². The van der Waals surface area contributed by atoms with E-state index >= 15 is 0 Å². The fraction of sp³-hybridized carbons (Fsp3) is 0.286. The quantitative estimate of drug-likeness (QED) is 0.724. The van der Waals surface area contributed by atoms with Gasteiger partial charge in [0.15, 0.2) is 0 Å². The minimum absolute atomic E-state index is 0.178. The van der Waals surface area contributed by atoms with Crippen LogP contribution in [-0.2, 0) is 5.33 Å². The van der Waals surface area contributed by atoms with Gasteiger partial charge in [0.1, 0.15) is 11.5 Å². The highest BCUT2D eigenvalue weighted by Crippen LogP contribution is 2.22. The molecule has 0 saturated heterocycles. The standard InChI is InChI=1S/C7H5BrF3N/c8-2-4-1-5(9)3-12-6(4)7(10)11/h1,3,7H,2H2. The van der Waals surface area contributed by atoms with Gasteiger partial charge < -0.3 is 0 Å². The molecule has 0 aromatic carbocycles. The maximum absolute atomic E-state index is 12.5. The van der Waals surface area contributed by atoms with Gasteiger partial charge in [-0.2, -0.15) is 0 Å². The molecular weight excluding hydrogens is 235 g/mol. The molecule has 66 valence electrons. The monoisotopic (exact) mass is 239 g/mol.